The minimum Gasteiger partial charge on any atom is -0.497 e. The Bertz CT molecular complexity index is 685. The number of benzene rings is 2. The van der Waals surface area contributed by atoms with E-state index < -0.39 is 0 Å². The van der Waals surface area contributed by atoms with Gasteiger partial charge in [-0.05, 0) is 42.3 Å². The molecule has 1 saturated heterocycles. The van der Waals surface area contributed by atoms with Crippen molar-refractivity contribution < 1.29 is 4.74 Å². The van der Waals surface area contributed by atoms with Gasteiger partial charge in [0, 0.05) is 31.7 Å². The van der Waals surface area contributed by atoms with E-state index >= 15 is 0 Å². The van der Waals surface area contributed by atoms with E-state index in [4.69, 9.17) is 4.74 Å². The molecule has 0 N–H and O–H groups in total. The molecule has 0 aromatic heterocycles. The molecule has 2 aliphatic heterocycles. The van der Waals surface area contributed by atoms with Crippen LogP contribution in [0.2, 0.25) is 0 Å². The van der Waals surface area contributed by atoms with E-state index in [1.165, 1.54) is 16.7 Å². The summed E-state index contributed by atoms with van der Waals surface area (Å²) in [6.07, 6.45) is 1.07. The normalized spacial score (nSPS) is 24.8. The fourth-order valence-electron chi connectivity index (χ4n) is 4.10. The molecule has 0 radical (unpaired) electrons. The molecule has 2 aliphatic rings. The van der Waals surface area contributed by atoms with Gasteiger partial charge in [0.25, 0.3) is 0 Å². The van der Waals surface area contributed by atoms with Gasteiger partial charge in [0.2, 0.25) is 0 Å². The molecule has 120 valence electrons. The lowest BCUT2D eigenvalue weighted by atomic mass is 9.84. The summed E-state index contributed by atoms with van der Waals surface area (Å²) in [4.78, 5) is 5.15. The largest absolute Gasteiger partial charge is 0.497 e. The lowest BCUT2D eigenvalue weighted by molar-refractivity contribution is 0.0403. The van der Waals surface area contributed by atoms with Crippen LogP contribution in [0.4, 0.5) is 0 Å². The maximum absolute atomic E-state index is 5.45. The number of likely N-dealkylation sites (N-methyl/N-ethyl adjacent to an activating group) is 1. The van der Waals surface area contributed by atoms with E-state index in [-0.39, 0.29) is 0 Å². The Kier molecular flexibility index (Phi) is 3.83. The number of fused-ring (bicyclic) bond motifs is 3. The van der Waals surface area contributed by atoms with Crippen LogP contribution in [0.15, 0.2) is 48.5 Å². The average Bonchev–Trinajstić information content (AvgIpc) is 2.61. The van der Waals surface area contributed by atoms with E-state index in [1.54, 1.807) is 7.11 Å². The van der Waals surface area contributed by atoms with Crippen molar-refractivity contribution >= 4 is 0 Å². The molecule has 0 amide bonds. The first-order valence-electron chi connectivity index (χ1n) is 8.42. The molecule has 2 atom stereocenters. The van der Waals surface area contributed by atoms with Crippen LogP contribution < -0.4 is 4.74 Å². The first-order valence-corrected chi connectivity index (χ1v) is 8.42. The summed E-state index contributed by atoms with van der Waals surface area (Å²) >= 11 is 0. The number of hydrogen-bond acceptors (Lipinski definition) is 3. The highest BCUT2D eigenvalue weighted by atomic mass is 16.5. The van der Waals surface area contributed by atoms with Crippen molar-refractivity contribution in [2.75, 3.05) is 33.8 Å². The quantitative estimate of drug-likeness (QED) is 0.847. The SMILES string of the molecule is COc1ccc2c(c1)C[C@@H](c1ccccc1)N1CCN(C)C[C@H]21. The predicted molar refractivity (Wildman–Crippen MR) is 92.8 cm³/mol. The van der Waals surface area contributed by atoms with Crippen molar-refractivity contribution in [1.82, 2.24) is 9.80 Å². The second-order valence-corrected chi connectivity index (χ2v) is 6.71. The van der Waals surface area contributed by atoms with E-state index in [0.717, 1.165) is 31.8 Å². The fraction of sp³-hybridized carbons (Fsp3) is 0.400. The first-order chi connectivity index (χ1) is 11.3. The summed E-state index contributed by atoms with van der Waals surface area (Å²) < 4.78 is 5.45. The molecule has 3 nitrogen and oxygen atoms in total. The Hall–Kier alpha value is -1.84. The topological polar surface area (TPSA) is 15.7 Å². The van der Waals surface area contributed by atoms with Gasteiger partial charge in [-0.1, -0.05) is 36.4 Å². The molecule has 0 spiro atoms. The maximum atomic E-state index is 5.45. The monoisotopic (exact) mass is 308 g/mol. The molecule has 0 bridgehead atoms. The molecule has 0 aliphatic carbocycles. The maximum Gasteiger partial charge on any atom is 0.119 e. The number of methoxy groups -OCH3 is 1. The number of ether oxygens (including phenoxy) is 1. The molecular weight excluding hydrogens is 284 g/mol. The summed E-state index contributed by atoms with van der Waals surface area (Å²) in [7, 11) is 3.98. The molecule has 1 fully saturated rings. The smallest absolute Gasteiger partial charge is 0.119 e. The summed E-state index contributed by atoms with van der Waals surface area (Å²) in [5.41, 5.74) is 4.34. The zero-order chi connectivity index (χ0) is 15.8. The third kappa shape index (κ3) is 2.64. The molecule has 2 heterocycles. The highest BCUT2D eigenvalue weighted by Crippen LogP contribution is 2.42. The van der Waals surface area contributed by atoms with E-state index in [2.05, 4.69) is 65.4 Å². The van der Waals surface area contributed by atoms with E-state index in [0.29, 0.717) is 12.1 Å². The van der Waals surface area contributed by atoms with Crippen LogP contribution in [0.25, 0.3) is 0 Å². The predicted octanol–water partition coefficient (Wildman–Crippen LogP) is 3.28. The minimum absolute atomic E-state index is 0.467. The van der Waals surface area contributed by atoms with Crippen molar-refractivity contribution in [3.63, 3.8) is 0 Å². The summed E-state index contributed by atoms with van der Waals surface area (Å²) in [5, 5.41) is 0. The van der Waals surface area contributed by atoms with Gasteiger partial charge in [0.1, 0.15) is 5.75 Å². The van der Waals surface area contributed by atoms with Gasteiger partial charge in [0.15, 0.2) is 0 Å². The van der Waals surface area contributed by atoms with Crippen LogP contribution in [0, 0.1) is 0 Å². The van der Waals surface area contributed by atoms with Crippen LogP contribution >= 0.6 is 0 Å². The Morgan fingerprint density at radius 2 is 1.83 bits per heavy atom. The van der Waals surface area contributed by atoms with Gasteiger partial charge in [-0.25, -0.2) is 0 Å². The van der Waals surface area contributed by atoms with Gasteiger partial charge in [-0.3, -0.25) is 4.90 Å². The van der Waals surface area contributed by atoms with Gasteiger partial charge in [-0.15, -0.1) is 0 Å². The second-order valence-electron chi connectivity index (χ2n) is 6.71. The molecule has 2 aromatic rings. The van der Waals surface area contributed by atoms with Crippen molar-refractivity contribution in [2.45, 2.75) is 18.5 Å². The Morgan fingerprint density at radius 1 is 1.00 bits per heavy atom. The first kappa shape index (κ1) is 14.7. The van der Waals surface area contributed by atoms with Crippen LogP contribution in [0.1, 0.15) is 28.8 Å². The fourth-order valence-corrected chi connectivity index (χ4v) is 4.10. The van der Waals surface area contributed by atoms with Crippen LogP contribution in [0.5, 0.6) is 5.75 Å². The molecule has 2 aromatic carbocycles. The average molecular weight is 308 g/mol. The van der Waals surface area contributed by atoms with Gasteiger partial charge in [0.05, 0.1) is 7.11 Å². The Morgan fingerprint density at radius 3 is 2.61 bits per heavy atom. The van der Waals surface area contributed by atoms with Crippen molar-refractivity contribution in [2.24, 2.45) is 0 Å². The molecular formula is C20H24N2O. The third-order valence-electron chi connectivity index (χ3n) is 5.33. The molecule has 0 saturated carbocycles. The van der Waals surface area contributed by atoms with Gasteiger partial charge in [-0.2, -0.15) is 0 Å². The van der Waals surface area contributed by atoms with E-state index in [1.807, 2.05) is 0 Å². The number of piperazine rings is 1. The Balaban J connectivity index is 1.77. The van der Waals surface area contributed by atoms with Crippen molar-refractivity contribution in [3.8, 4) is 5.75 Å². The van der Waals surface area contributed by atoms with Crippen LogP contribution in [-0.4, -0.2) is 43.6 Å². The zero-order valence-corrected chi connectivity index (χ0v) is 13.9. The number of nitrogens with zero attached hydrogens (tertiary/aromatic N) is 2. The lowest BCUT2D eigenvalue weighted by Gasteiger charge is -2.48. The zero-order valence-electron chi connectivity index (χ0n) is 13.9. The minimum atomic E-state index is 0.467. The second kappa shape index (κ2) is 5.99. The van der Waals surface area contributed by atoms with Gasteiger partial charge >= 0.3 is 0 Å². The third-order valence-corrected chi connectivity index (χ3v) is 5.33. The van der Waals surface area contributed by atoms with Crippen LogP contribution in [0.3, 0.4) is 0 Å². The molecule has 4 rings (SSSR count). The lowest BCUT2D eigenvalue weighted by Crippen LogP contribution is -2.50. The standard InChI is InChI=1S/C20H24N2O/c1-21-10-11-22-19(15-6-4-3-5-7-15)13-16-12-17(23-2)8-9-18(16)20(22)14-21/h3-9,12,19-20H,10-11,13-14H2,1-2H3/t19-,20+/m0/s1. The molecule has 3 heteroatoms. The highest BCUT2D eigenvalue weighted by molar-refractivity contribution is 5.41. The summed E-state index contributed by atoms with van der Waals surface area (Å²) in [5.74, 6) is 0.966. The molecule has 23 heavy (non-hydrogen) atoms. The van der Waals surface area contributed by atoms with Crippen molar-refractivity contribution in [1.29, 1.82) is 0 Å². The molecule has 0 unspecified atom stereocenters. The van der Waals surface area contributed by atoms with Gasteiger partial charge < -0.3 is 9.64 Å². The van der Waals surface area contributed by atoms with E-state index in [9.17, 15) is 0 Å². The summed E-state index contributed by atoms with van der Waals surface area (Å²) in [6, 6.07) is 18.5. The number of hydrogen-bond donors (Lipinski definition) is 0. The Labute approximate surface area is 138 Å². The highest BCUT2D eigenvalue weighted by Gasteiger charge is 2.37. The number of rotatable bonds is 2. The van der Waals surface area contributed by atoms with Crippen LogP contribution in [-0.2, 0) is 6.42 Å². The van der Waals surface area contributed by atoms with Crippen molar-refractivity contribution in [3.05, 3.63) is 65.2 Å². The summed E-state index contributed by atoms with van der Waals surface area (Å²) in [6.45, 7) is 3.38.